The first-order valence-corrected chi connectivity index (χ1v) is 9.73. The summed E-state index contributed by atoms with van der Waals surface area (Å²) in [4.78, 5) is 36.1. The number of imide groups is 1. The van der Waals surface area contributed by atoms with Crippen LogP contribution >= 0.6 is 11.3 Å². The summed E-state index contributed by atoms with van der Waals surface area (Å²) in [5.41, 5.74) is -0.125. The van der Waals surface area contributed by atoms with Crippen LogP contribution in [0.2, 0.25) is 0 Å². The van der Waals surface area contributed by atoms with Crippen molar-refractivity contribution in [1.82, 2.24) is 20.4 Å². The van der Waals surface area contributed by atoms with Crippen molar-refractivity contribution in [2.24, 2.45) is 0 Å². The zero-order chi connectivity index (χ0) is 22.9. The number of fused-ring (bicyclic) bond motifs is 1. The Bertz CT molecular complexity index is 1170. The highest BCUT2D eigenvalue weighted by Gasteiger charge is 2.31. The van der Waals surface area contributed by atoms with E-state index in [9.17, 15) is 27.6 Å². The van der Waals surface area contributed by atoms with Gasteiger partial charge in [-0.15, -0.1) is 11.3 Å². The van der Waals surface area contributed by atoms with E-state index >= 15 is 0 Å². The van der Waals surface area contributed by atoms with Crippen molar-refractivity contribution in [3.05, 3.63) is 46.5 Å². The molecule has 0 aliphatic rings. The maximum Gasteiger partial charge on any atom is 0.416 e. The molecule has 8 nitrogen and oxygen atoms in total. The number of halogens is 3. The summed E-state index contributed by atoms with van der Waals surface area (Å²) >= 11 is 0.967. The highest BCUT2D eigenvalue weighted by Crippen LogP contribution is 2.34. The Kier molecular flexibility index (Phi) is 6.02. The molecule has 0 saturated heterocycles. The van der Waals surface area contributed by atoms with Crippen LogP contribution < -0.4 is 10.6 Å². The van der Waals surface area contributed by atoms with Crippen molar-refractivity contribution in [2.45, 2.75) is 26.1 Å². The van der Waals surface area contributed by atoms with Gasteiger partial charge in [0, 0.05) is 12.4 Å². The molecule has 31 heavy (non-hydrogen) atoms. The van der Waals surface area contributed by atoms with Crippen LogP contribution in [0.25, 0.3) is 15.9 Å². The van der Waals surface area contributed by atoms with Crippen molar-refractivity contribution in [2.75, 3.05) is 7.05 Å². The summed E-state index contributed by atoms with van der Waals surface area (Å²) in [7, 11) is 1.33. The lowest BCUT2D eigenvalue weighted by molar-refractivity contribution is -0.137. The van der Waals surface area contributed by atoms with E-state index < -0.39 is 35.8 Å². The van der Waals surface area contributed by atoms with Gasteiger partial charge in [-0.2, -0.15) is 18.3 Å². The van der Waals surface area contributed by atoms with Crippen LogP contribution in [-0.2, 0) is 15.7 Å². The van der Waals surface area contributed by atoms with Gasteiger partial charge < -0.3 is 10.1 Å². The summed E-state index contributed by atoms with van der Waals surface area (Å²) in [5.74, 6) is -1.61. The largest absolute Gasteiger partial charge is 0.448 e. The minimum Gasteiger partial charge on any atom is -0.448 e. The average Bonchev–Trinajstić information content (AvgIpc) is 3.28. The van der Waals surface area contributed by atoms with Crippen LogP contribution in [-0.4, -0.2) is 40.8 Å². The van der Waals surface area contributed by atoms with E-state index in [0.717, 1.165) is 23.5 Å². The molecule has 2 N–H and O–H groups in total. The summed E-state index contributed by atoms with van der Waals surface area (Å²) in [6, 6.07) is 5.43. The Labute approximate surface area is 178 Å². The number of rotatable bonds is 4. The lowest BCUT2D eigenvalue weighted by atomic mass is 10.2. The first-order chi connectivity index (χ1) is 14.5. The van der Waals surface area contributed by atoms with E-state index in [0.29, 0.717) is 15.9 Å². The number of hydrogen-bond donors (Lipinski definition) is 2. The number of nitrogens with zero attached hydrogens (tertiary/aromatic N) is 2. The van der Waals surface area contributed by atoms with Gasteiger partial charge in [-0.3, -0.25) is 10.1 Å². The number of carbonyl (C=O) groups excluding carboxylic acids is 3. The fraction of sp³-hybridized carbons (Fsp3) is 0.263. The normalized spacial score (nSPS) is 12.5. The number of urea groups is 1. The maximum atomic E-state index is 13.1. The smallest absolute Gasteiger partial charge is 0.416 e. The number of thiophene rings is 1. The molecular weight excluding hydrogens is 437 g/mol. The molecule has 0 spiro atoms. The van der Waals surface area contributed by atoms with Gasteiger partial charge >= 0.3 is 18.2 Å². The predicted molar refractivity (Wildman–Crippen MR) is 106 cm³/mol. The third-order valence-electron chi connectivity index (χ3n) is 4.28. The van der Waals surface area contributed by atoms with Crippen LogP contribution in [0.15, 0.2) is 30.3 Å². The third kappa shape index (κ3) is 4.68. The molecule has 0 saturated carbocycles. The Balaban J connectivity index is 1.88. The topological polar surface area (TPSA) is 102 Å². The fourth-order valence-corrected chi connectivity index (χ4v) is 3.75. The molecule has 2 aromatic heterocycles. The van der Waals surface area contributed by atoms with E-state index in [1.54, 1.807) is 6.92 Å². The molecule has 164 valence electrons. The van der Waals surface area contributed by atoms with Crippen LogP contribution in [0.1, 0.15) is 27.9 Å². The van der Waals surface area contributed by atoms with E-state index in [1.165, 1.54) is 36.9 Å². The fourth-order valence-electron chi connectivity index (χ4n) is 2.68. The molecule has 1 unspecified atom stereocenters. The molecule has 3 amide bonds. The summed E-state index contributed by atoms with van der Waals surface area (Å²) in [6.45, 7) is 2.97. The van der Waals surface area contributed by atoms with E-state index in [2.05, 4.69) is 10.4 Å². The molecule has 0 aliphatic carbocycles. The molecule has 1 atom stereocenters. The number of benzene rings is 1. The Hall–Kier alpha value is -3.41. The molecular formula is C19H17F3N4O4S. The number of carbonyl (C=O) groups is 3. The van der Waals surface area contributed by atoms with E-state index in [4.69, 9.17) is 4.74 Å². The first-order valence-electron chi connectivity index (χ1n) is 8.91. The summed E-state index contributed by atoms with van der Waals surface area (Å²) < 4.78 is 45.6. The molecule has 3 aromatic rings. The molecule has 2 heterocycles. The zero-order valence-electron chi connectivity index (χ0n) is 16.5. The number of aryl methyl sites for hydroxylation is 1. The minimum atomic E-state index is -4.51. The van der Waals surface area contributed by atoms with Gasteiger partial charge in [0.1, 0.15) is 9.71 Å². The second-order valence-electron chi connectivity index (χ2n) is 6.49. The van der Waals surface area contributed by atoms with E-state index in [1.807, 2.05) is 5.32 Å². The molecule has 12 heteroatoms. The SMILES string of the molecule is CNC(=O)NC(=O)C(C)OC(=O)c1cc2c(C)nn(-c3cccc(C(F)(F)F)c3)c2s1. The zero-order valence-corrected chi connectivity index (χ0v) is 17.4. The van der Waals surface area contributed by atoms with Gasteiger partial charge in [-0.1, -0.05) is 6.07 Å². The lowest BCUT2D eigenvalue weighted by Gasteiger charge is -2.11. The minimum absolute atomic E-state index is 0.135. The van der Waals surface area contributed by atoms with Gasteiger partial charge in [-0.25, -0.2) is 14.3 Å². The van der Waals surface area contributed by atoms with Gasteiger partial charge in [-0.05, 0) is 38.1 Å². The number of hydrogen-bond acceptors (Lipinski definition) is 6. The number of alkyl halides is 3. The maximum absolute atomic E-state index is 13.1. The molecule has 1 aromatic carbocycles. The van der Waals surface area contributed by atoms with Crippen molar-refractivity contribution in [1.29, 1.82) is 0 Å². The lowest BCUT2D eigenvalue weighted by Crippen LogP contribution is -2.43. The standard InChI is InChI=1S/C19H17F3N4O4S/c1-9-13-8-14(17(28)30-10(2)15(27)24-18(29)23-3)31-16(13)26(25-9)12-6-4-5-11(7-12)19(20,21)22/h4-8,10H,1-3H3,(H2,23,24,27,29). The van der Waals surface area contributed by atoms with Crippen LogP contribution in [0.5, 0.6) is 0 Å². The predicted octanol–water partition coefficient (Wildman–Crippen LogP) is 3.42. The van der Waals surface area contributed by atoms with Crippen LogP contribution in [0, 0.1) is 6.92 Å². The monoisotopic (exact) mass is 454 g/mol. The summed E-state index contributed by atoms with van der Waals surface area (Å²) in [6.07, 6.45) is -5.75. The van der Waals surface area contributed by atoms with Crippen molar-refractivity contribution < 1.29 is 32.3 Å². The second-order valence-corrected chi connectivity index (χ2v) is 7.52. The molecule has 0 bridgehead atoms. The number of ether oxygens (including phenoxy) is 1. The third-order valence-corrected chi connectivity index (χ3v) is 5.37. The Morgan fingerprint density at radius 1 is 1.23 bits per heavy atom. The number of aromatic nitrogens is 2. The van der Waals surface area contributed by atoms with Crippen LogP contribution in [0.4, 0.5) is 18.0 Å². The number of nitrogens with one attached hydrogen (secondary N) is 2. The Morgan fingerprint density at radius 2 is 1.94 bits per heavy atom. The number of esters is 1. The second kappa shape index (κ2) is 8.38. The van der Waals surface area contributed by atoms with Gasteiger partial charge in [0.25, 0.3) is 5.91 Å². The molecule has 0 aliphatic heterocycles. The summed E-state index contributed by atoms with van der Waals surface area (Å²) in [5, 5.41) is 9.04. The van der Waals surface area contributed by atoms with Crippen molar-refractivity contribution in [3.63, 3.8) is 0 Å². The highest BCUT2D eigenvalue weighted by molar-refractivity contribution is 7.20. The molecule has 0 fully saturated rings. The van der Waals surface area contributed by atoms with Gasteiger partial charge in [0.2, 0.25) is 0 Å². The van der Waals surface area contributed by atoms with Gasteiger partial charge in [0.05, 0.1) is 16.9 Å². The van der Waals surface area contributed by atoms with Gasteiger partial charge in [0.15, 0.2) is 6.10 Å². The van der Waals surface area contributed by atoms with Crippen LogP contribution in [0.3, 0.4) is 0 Å². The highest BCUT2D eigenvalue weighted by atomic mass is 32.1. The Morgan fingerprint density at radius 3 is 2.58 bits per heavy atom. The molecule has 0 radical (unpaired) electrons. The van der Waals surface area contributed by atoms with E-state index in [-0.39, 0.29) is 10.6 Å². The van der Waals surface area contributed by atoms with Crippen molar-refractivity contribution >= 4 is 39.5 Å². The quantitative estimate of drug-likeness (QED) is 0.589. The first kappa shape index (κ1) is 22.3. The average molecular weight is 454 g/mol. The number of amides is 3. The molecule has 3 rings (SSSR count). The van der Waals surface area contributed by atoms with Crippen molar-refractivity contribution in [3.8, 4) is 5.69 Å².